The van der Waals surface area contributed by atoms with Crippen LogP contribution < -0.4 is 5.32 Å². The highest BCUT2D eigenvalue weighted by atomic mass is 16.5. The molecule has 3 atom stereocenters. The van der Waals surface area contributed by atoms with Crippen molar-refractivity contribution in [3.8, 4) is 0 Å². The summed E-state index contributed by atoms with van der Waals surface area (Å²) in [5.41, 5.74) is 0. The van der Waals surface area contributed by atoms with Crippen LogP contribution in [-0.4, -0.2) is 48.6 Å². The molecule has 0 spiro atoms. The Kier molecular flexibility index (Phi) is 4.51. The van der Waals surface area contributed by atoms with Gasteiger partial charge in [-0.25, -0.2) is 0 Å². The second kappa shape index (κ2) is 5.49. The molecule has 0 saturated carbocycles. The molecule has 5 nitrogen and oxygen atoms in total. The first-order valence-corrected chi connectivity index (χ1v) is 6.02. The van der Waals surface area contributed by atoms with Crippen LogP contribution in [0.2, 0.25) is 0 Å². The van der Waals surface area contributed by atoms with Crippen LogP contribution in [0, 0.1) is 5.92 Å². The molecule has 98 valence electrons. The molecule has 0 radical (unpaired) electrons. The molecular formula is C12H22N2O3. The number of nitrogens with zero attached hydrogens (tertiary/aromatic N) is 1. The lowest BCUT2D eigenvalue weighted by molar-refractivity contribution is -0.152. The van der Waals surface area contributed by atoms with Gasteiger partial charge in [-0.05, 0) is 19.8 Å². The molecule has 1 aliphatic heterocycles. The number of ether oxygens (including phenoxy) is 1. The third kappa shape index (κ3) is 2.97. The van der Waals surface area contributed by atoms with Gasteiger partial charge in [0, 0.05) is 13.7 Å². The molecule has 0 aromatic rings. The molecule has 1 N–H and O–H groups in total. The SMILES string of the molecule is COC(C)CN1C(=O)C(C)NC(=O)C1C(C)C. The van der Waals surface area contributed by atoms with Gasteiger partial charge in [0.05, 0.1) is 6.10 Å². The number of methoxy groups -OCH3 is 1. The molecule has 1 fully saturated rings. The van der Waals surface area contributed by atoms with Gasteiger partial charge in [-0.3, -0.25) is 9.59 Å². The van der Waals surface area contributed by atoms with Crippen LogP contribution in [0.3, 0.4) is 0 Å². The maximum Gasteiger partial charge on any atom is 0.245 e. The van der Waals surface area contributed by atoms with Crippen molar-refractivity contribution in [2.75, 3.05) is 13.7 Å². The van der Waals surface area contributed by atoms with Crippen molar-refractivity contribution in [3.63, 3.8) is 0 Å². The van der Waals surface area contributed by atoms with Crippen LogP contribution in [0.4, 0.5) is 0 Å². The van der Waals surface area contributed by atoms with E-state index in [9.17, 15) is 9.59 Å². The van der Waals surface area contributed by atoms with E-state index in [1.807, 2.05) is 20.8 Å². The first-order chi connectivity index (χ1) is 7.88. The zero-order valence-electron chi connectivity index (χ0n) is 11.2. The Balaban J connectivity index is 2.90. The lowest BCUT2D eigenvalue weighted by Crippen LogP contribution is -2.65. The van der Waals surface area contributed by atoms with Gasteiger partial charge in [0.2, 0.25) is 11.8 Å². The lowest BCUT2D eigenvalue weighted by Gasteiger charge is -2.40. The summed E-state index contributed by atoms with van der Waals surface area (Å²) in [5.74, 6) is -0.0156. The summed E-state index contributed by atoms with van der Waals surface area (Å²) < 4.78 is 5.17. The number of hydrogen-bond donors (Lipinski definition) is 1. The number of nitrogens with one attached hydrogen (secondary N) is 1. The number of amides is 2. The van der Waals surface area contributed by atoms with Crippen LogP contribution in [0.25, 0.3) is 0 Å². The van der Waals surface area contributed by atoms with Crippen LogP contribution in [-0.2, 0) is 14.3 Å². The number of hydrogen-bond acceptors (Lipinski definition) is 3. The van der Waals surface area contributed by atoms with Crippen molar-refractivity contribution in [3.05, 3.63) is 0 Å². The highest BCUT2D eigenvalue weighted by molar-refractivity contribution is 5.96. The van der Waals surface area contributed by atoms with E-state index in [2.05, 4.69) is 5.32 Å². The van der Waals surface area contributed by atoms with E-state index in [0.717, 1.165) is 0 Å². The quantitative estimate of drug-likeness (QED) is 0.776. The van der Waals surface area contributed by atoms with E-state index in [-0.39, 0.29) is 23.8 Å². The summed E-state index contributed by atoms with van der Waals surface area (Å²) in [6, 6.07) is -0.835. The number of rotatable bonds is 4. The Bertz CT molecular complexity index is 304. The molecule has 2 amide bonds. The largest absolute Gasteiger partial charge is 0.380 e. The van der Waals surface area contributed by atoms with E-state index in [1.165, 1.54) is 0 Å². The topological polar surface area (TPSA) is 58.6 Å². The van der Waals surface area contributed by atoms with Gasteiger partial charge < -0.3 is 15.0 Å². The van der Waals surface area contributed by atoms with E-state index < -0.39 is 12.1 Å². The molecule has 1 aliphatic rings. The third-order valence-electron chi connectivity index (χ3n) is 3.10. The maximum absolute atomic E-state index is 12.1. The molecule has 0 aromatic heterocycles. The summed E-state index contributed by atoms with van der Waals surface area (Å²) in [6.45, 7) is 7.94. The van der Waals surface area contributed by atoms with Crippen molar-refractivity contribution in [1.82, 2.24) is 10.2 Å². The highest BCUT2D eigenvalue weighted by Gasteiger charge is 2.40. The summed E-state index contributed by atoms with van der Waals surface area (Å²) >= 11 is 0. The Morgan fingerprint density at radius 2 is 1.94 bits per heavy atom. The molecule has 3 unspecified atom stereocenters. The number of carbonyl (C=O) groups excluding carboxylic acids is 2. The number of piperazine rings is 1. The van der Waals surface area contributed by atoms with Crippen LogP contribution in [0.1, 0.15) is 27.7 Å². The first kappa shape index (κ1) is 14.0. The van der Waals surface area contributed by atoms with E-state index in [0.29, 0.717) is 6.54 Å². The van der Waals surface area contributed by atoms with Crippen molar-refractivity contribution < 1.29 is 14.3 Å². The third-order valence-corrected chi connectivity index (χ3v) is 3.10. The minimum atomic E-state index is -0.443. The van der Waals surface area contributed by atoms with Crippen molar-refractivity contribution >= 4 is 11.8 Å². The monoisotopic (exact) mass is 242 g/mol. The second-order valence-electron chi connectivity index (χ2n) is 4.96. The van der Waals surface area contributed by atoms with E-state index in [1.54, 1.807) is 18.9 Å². The van der Waals surface area contributed by atoms with Crippen LogP contribution in [0.15, 0.2) is 0 Å². The molecule has 5 heteroatoms. The van der Waals surface area contributed by atoms with Crippen LogP contribution >= 0.6 is 0 Å². The van der Waals surface area contributed by atoms with Crippen molar-refractivity contribution in [2.45, 2.75) is 45.9 Å². The average Bonchev–Trinajstić information content (AvgIpc) is 2.24. The molecular weight excluding hydrogens is 220 g/mol. The summed E-state index contributed by atoms with van der Waals surface area (Å²) in [6.07, 6.45) is -0.0710. The van der Waals surface area contributed by atoms with Gasteiger partial charge in [0.25, 0.3) is 0 Å². The molecule has 1 saturated heterocycles. The normalized spacial score (nSPS) is 27.3. The van der Waals surface area contributed by atoms with E-state index >= 15 is 0 Å². The summed E-state index contributed by atoms with van der Waals surface area (Å²) in [5, 5.41) is 2.71. The molecule has 17 heavy (non-hydrogen) atoms. The molecule has 0 aliphatic carbocycles. The van der Waals surface area contributed by atoms with Gasteiger partial charge in [-0.15, -0.1) is 0 Å². The van der Waals surface area contributed by atoms with Gasteiger partial charge in [0.15, 0.2) is 0 Å². The second-order valence-corrected chi connectivity index (χ2v) is 4.96. The summed E-state index contributed by atoms with van der Waals surface area (Å²) in [4.78, 5) is 25.7. The minimum Gasteiger partial charge on any atom is -0.380 e. The zero-order valence-corrected chi connectivity index (χ0v) is 11.2. The van der Waals surface area contributed by atoms with Gasteiger partial charge in [-0.1, -0.05) is 13.8 Å². The molecule has 0 aromatic carbocycles. The fourth-order valence-electron chi connectivity index (χ4n) is 2.11. The van der Waals surface area contributed by atoms with Crippen molar-refractivity contribution in [2.24, 2.45) is 5.92 Å². The Morgan fingerprint density at radius 1 is 1.35 bits per heavy atom. The average molecular weight is 242 g/mol. The number of carbonyl (C=O) groups is 2. The van der Waals surface area contributed by atoms with E-state index in [4.69, 9.17) is 4.74 Å². The zero-order chi connectivity index (χ0) is 13.2. The van der Waals surface area contributed by atoms with Crippen molar-refractivity contribution in [1.29, 1.82) is 0 Å². The molecule has 1 rings (SSSR count). The Morgan fingerprint density at radius 3 is 2.41 bits per heavy atom. The van der Waals surface area contributed by atoms with Gasteiger partial charge in [-0.2, -0.15) is 0 Å². The Hall–Kier alpha value is -1.10. The molecule has 1 heterocycles. The molecule has 0 bridgehead atoms. The van der Waals surface area contributed by atoms with Gasteiger partial charge in [0.1, 0.15) is 12.1 Å². The fourth-order valence-corrected chi connectivity index (χ4v) is 2.11. The fraction of sp³-hybridized carbons (Fsp3) is 0.833. The predicted molar refractivity (Wildman–Crippen MR) is 64.4 cm³/mol. The highest BCUT2D eigenvalue weighted by Crippen LogP contribution is 2.18. The minimum absolute atomic E-state index is 0.0350. The van der Waals surface area contributed by atoms with Crippen LogP contribution in [0.5, 0.6) is 0 Å². The maximum atomic E-state index is 12.1. The summed E-state index contributed by atoms with van der Waals surface area (Å²) in [7, 11) is 1.60. The first-order valence-electron chi connectivity index (χ1n) is 6.02. The standard InChI is InChI=1S/C12H22N2O3/c1-7(2)10-11(15)13-9(4)12(16)14(10)6-8(3)17-5/h7-10H,6H2,1-5H3,(H,13,15). The smallest absolute Gasteiger partial charge is 0.245 e. The lowest BCUT2D eigenvalue weighted by atomic mass is 9.97. The van der Waals surface area contributed by atoms with Gasteiger partial charge >= 0.3 is 0 Å². The Labute approximate surface area is 102 Å². The predicted octanol–water partition coefficient (Wildman–Crippen LogP) is 0.393.